The fourth-order valence-electron chi connectivity index (χ4n) is 5.73. The molecule has 0 saturated carbocycles. The highest BCUT2D eigenvalue weighted by Gasteiger charge is 2.31. The molecule has 3 aliphatic rings. The lowest BCUT2D eigenvalue weighted by atomic mass is 9.95. The summed E-state index contributed by atoms with van der Waals surface area (Å²) >= 11 is 0. The Hall–Kier alpha value is -3.41. The maximum Gasteiger partial charge on any atom is 0.246 e. The van der Waals surface area contributed by atoms with Gasteiger partial charge >= 0.3 is 0 Å². The Morgan fingerprint density at radius 3 is 2.62 bits per heavy atom. The number of benzene rings is 1. The lowest BCUT2D eigenvalue weighted by Crippen LogP contribution is -2.49. The average Bonchev–Trinajstić information content (AvgIpc) is 3.35. The number of fused-ring (bicyclic) bond motifs is 1. The first-order valence-corrected chi connectivity index (χ1v) is 13.3. The Kier molecular flexibility index (Phi) is 7.73. The van der Waals surface area contributed by atoms with Gasteiger partial charge in [-0.2, -0.15) is 10.2 Å². The van der Waals surface area contributed by atoms with E-state index in [1.807, 2.05) is 11.0 Å². The second-order valence-corrected chi connectivity index (χ2v) is 10.2. The van der Waals surface area contributed by atoms with Crippen molar-refractivity contribution in [3.05, 3.63) is 65.2 Å². The van der Waals surface area contributed by atoms with Crippen molar-refractivity contribution in [1.82, 2.24) is 19.7 Å². The van der Waals surface area contributed by atoms with E-state index in [0.29, 0.717) is 56.8 Å². The first kappa shape index (κ1) is 25.2. The van der Waals surface area contributed by atoms with Crippen LogP contribution in [-0.4, -0.2) is 84.6 Å². The smallest absolute Gasteiger partial charge is 0.246 e. The summed E-state index contributed by atoms with van der Waals surface area (Å²) in [5.41, 5.74) is 4.02. The zero-order valence-corrected chi connectivity index (χ0v) is 21.7. The normalized spacial score (nSPS) is 20.4. The molecule has 0 radical (unpaired) electrons. The van der Waals surface area contributed by atoms with Gasteiger partial charge in [-0.05, 0) is 50.1 Å². The molecular weight excluding hydrogens is 464 g/mol. The SMILES string of the molecule is C=CC(=O)N1CCN(c2nc(OC[C@@H]3CCCN3C)c(C#N)c3c2CCN(Cc2ccccc2)C3)CC1. The van der Waals surface area contributed by atoms with Crippen molar-refractivity contribution in [1.29, 1.82) is 5.26 Å². The first-order chi connectivity index (χ1) is 18.1. The highest BCUT2D eigenvalue weighted by Crippen LogP contribution is 2.36. The van der Waals surface area contributed by atoms with E-state index in [9.17, 15) is 10.1 Å². The van der Waals surface area contributed by atoms with Crippen molar-refractivity contribution in [3.63, 3.8) is 0 Å². The molecular formula is C29H36N6O2. The third kappa shape index (κ3) is 5.48. The molecule has 1 atom stereocenters. The van der Waals surface area contributed by atoms with Crippen LogP contribution in [0.5, 0.6) is 5.88 Å². The highest BCUT2D eigenvalue weighted by molar-refractivity contribution is 5.87. The number of hydrogen-bond acceptors (Lipinski definition) is 7. The highest BCUT2D eigenvalue weighted by atomic mass is 16.5. The van der Waals surface area contributed by atoms with Crippen LogP contribution in [0.1, 0.15) is 35.1 Å². The van der Waals surface area contributed by atoms with Gasteiger partial charge in [-0.15, -0.1) is 0 Å². The van der Waals surface area contributed by atoms with Crippen molar-refractivity contribution in [3.8, 4) is 11.9 Å². The van der Waals surface area contributed by atoms with E-state index in [1.165, 1.54) is 18.1 Å². The Morgan fingerprint density at radius 2 is 1.95 bits per heavy atom. The number of nitriles is 1. The number of pyridine rings is 1. The molecule has 2 fully saturated rings. The monoisotopic (exact) mass is 500 g/mol. The molecule has 37 heavy (non-hydrogen) atoms. The zero-order chi connectivity index (χ0) is 25.8. The van der Waals surface area contributed by atoms with Crippen LogP contribution in [0.25, 0.3) is 0 Å². The molecule has 0 aliphatic carbocycles. The van der Waals surface area contributed by atoms with Crippen molar-refractivity contribution in [2.45, 2.75) is 38.4 Å². The number of anilines is 1. The predicted octanol–water partition coefficient (Wildman–Crippen LogP) is 2.82. The van der Waals surface area contributed by atoms with Crippen LogP contribution in [0.4, 0.5) is 5.82 Å². The quantitative estimate of drug-likeness (QED) is 0.541. The van der Waals surface area contributed by atoms with E-state index >= 15 is 0 Å². The number of ether oxygens (including phenoxy) is 1. The third-order valence-electron chi connectivity index (χ3n) is 7.93. The summed E-state index contributed by atoms with van der Waals surface area (Å²) in [5.74, 6) is 1.33. The molecule has 4 heterocycles. The second kappa shape index (κ2) is 11.3. The summed E-state index contributed by atoms with van der Waals surface area (Å²) in [4.78, 5) is 25.9. The van der Waals surface area contributed by atoms with Gasteiger partial charge in [0.2, 0.25) is 11.8 Å². The van der Waals surface area contributed by atoms with Crippen LogP contribution in [0.3, 0.4) is 0 Å². The predicted molar refractivity (Wildman–Crippen MR) is 143 cm³/mol. The van der Waals surface area contributed by atoms with Crippen LogP contribution in [0.2, 0.25) is 0 Å². The maximum absolute atomic E-state index is 12.1. The molecule has 1 amide bonds. The van der Waals surface area contributed by atoms with Crippen LogP contribution < -0.4 is 9.64 Å². The summed E-state index contributed by atoms with van der Waals surface area (Å²) < 4.78 is 6.31. The number of likely N-dealkylation sites (N-methyl/N-ethyl adjacent to an activating group) is 1. The van der Waals surface area contributed by atoms with Gasteiger partial charge in [-0.3, -0.25) is 9.69 Å². The second-order valence-electron chi connectivity index (χ2n) is 10.2. The minimum atomic E-state index is -0.0317. The lowest BCUT2D eigenvalue weighted by Gasteiger charge is -2.38. The van der Waals surface area contributed by atoms with E-state index in [-0.39, 0.29) is 5.91 Å². The summed E-state index contributed by atoms with van der Waals surface area (Å²) in [6, 6.07) is 13.3. The number of piperazine rings is 1. The van der Waals surface area contributed by atoms with Crippen molar-refractivity contribution >= 4 is 11.7 Å². The lowest BCUT2D eigenvalue weighted by molar-refractivity contribution is -0.126. The van der Waals surface area contributed by atoms with Crippen LogP contribution in [-0.2, 0) is 24.3 Å². The number of carbonyl (C=O) groups excluding carboxylic acids is 1. The topological polar surface area (TPSA) is 75.9 Å². The third-order valence-corrected chi connectivity index (χ3v) is 7.93. The van der Waals surface area contributed by atoms with E-state index in [2.05, 4.69) is 58.7 Å². The van der Waals surface area contributed by atoms with Gasteiger partial charge < -0.3 is 19.4 Å². The molecule has 0 spiro atoms. The molecule has 3 aliphatic heterocycles. The first-order valence-electron chi connectivity index (χ1n) is 13.3. The van der Waals surface area contributed by atoms with E-state index in [0.717, 1.165) is 49.4 Å². The Morgan fingerprint density at radius 1 is 1.16 bits per heavy atom. The molecule has 194 valence electrons. The van der Waals surface area contributed by atoms with Crippen molar-refractivity contribution in [2.24, 2.45) is 0 Å². The van der Waals surface area contributed by atoms with E-state index < -0.39 is 0 Å². The van der Waals surface area contributed by atoms with Gasteiger partial charge in [-0.1, -0.05) is 36.9 Å². The molecule has 5 rings (SSSR count). The molecule has 2 saturated heterocycles. The fourth-order valence-corrected chi connectivity index (χ4v) is 5.73. The molecule has 0 bridgehead atoms. The van der Waals surface area contributed by atoms with Gasteiger partial charge in [0.1, 0.15) is 24.1 Å². The number of hydrogen-bond donors (Lipinski definition) is 0. The van der Waals surface area contributed by atoms with Gasteiger partial charge in [0.25, 0.3) is 0 Å². The Bertz CT molecular complexity index is 1170. The van der Waals surface area contributed by atoms with Crippen molar-refractivity contribution in [2.75, 3.05) is 57.8 Å². The summed E-state index contributed by atoms with van der Waals surface area (Å²) in [6.07, 6.45) is 4.47. The molecule has 0 unspecified atom stereocenters. The van der Waals surface area contributed by atoms with E-state index in [4.69, 9.17) is 9.72 Å². The summed E-state index contributed by atoms with van der Waals surface area (Å²) in [5, 5.41) is 10.3. The van der Waals surface area contributed by atoms with Gasteiger partial charge in [0, 0.05) is 57.4 Å². The number of amides is 1. The van der Waals surface area contributed by atoms with Gasteiger partial charge in [0.15, 0.2) is 0 Å². The number of carbonyl (C=O) groups is 1. The van der Waals surface area contributed by atoms with Crippen LogP contribution in [0, 0.1) is 11.3 Å². The summed E-state index contributed by atoms with van der Waals surface area (Å²) in [7, 11) is 2.13. The average molecular weight is 501 g/mol. The molecule has 2 aromatic rings. The number of aromatic nitrogens is 1. The van der Waals surface area contributed by atoms with E-state index in [1.54, 1.807) is 0 Å². The minimum Gasteiger partial charge on any atom is -0.475 e. The van der Waals surface area contributed by atoms with Gasteiger partial charge in [0.05, 0.1) is 0 Å². The van der Waals surface area contributed by atoms with Crippen LogP contribution >= 0.6 is 0 Å². The molecule has 1 aromatic heterocycles. The number of rotatable bonds is 7. The Labute approximate surface area is 219 Å². The standard InChI is InChI=1S/C29H36N6O2/c1-3-27(36)34-14-16-35(17-15-34)28-24-11-13-33(19-22-8-5-4-6-9-22)20-26(24)25(18-30)29(31-28)37-21-23-10-7-12-32(23)2/h3-6,8-9,23H,1,7,10-17,19-21H2,2H3/t23-/m0/s1. The fraction of sp³-hybridized carbons (Fsp3) is 0.483. The molecule has 1 aromatic carbocycles. The number of nitrogens with zero attached hydrogens (tertiary/aromatic N) is 6. The molecule has 8 heteroatoms. The maximum atomic E-state index is 12.1. The number of likely N-dealkylation sites (tertiary alicyclic amines) is 1. The molecule has 8 nitrogen and oxygen atoms in total. The van der Waals surface area contributed by atoms with Crippen LogP contribution in [0.15, 0.2) is 43.0 Å². The largest absolute Gasteiger partial charge is 0.475 e. The minimum absolute atomic E-state index is 0.0317. The molecule has 0 N–H and O–H groups in total. The zero-order valence-electron chi connectivity index (χ0n) is 21.7. The summed E-state index contributed by atoms with van der Waals surface area (Å²) in [6.45, 7) is 10.3. The Balaban J connectivity index is 1.44. The van der Waals surface area contributed by atoms with Crippen molar-refractivity contribution < 1.29 is 9.53 Å². The van der Waals surface area contributed by atoms with Gasteiger partial charge in [-0.25, -0.2) is 0 Å².